The van der Waals surface area contributed by atoms with E-state index < -0.39 is 11.9 Å². The zero-order valence-electron chi connectivity index (χ0n) is 14.7. The number of rotatable bonds is 4. The summed E-state index contributed by atoms with van der Waals surface area (Å²) in [6.45, 7) is 3.91. The van der Waals surface area contributed by atoms with Crippen LogP contribution in [0.2, 0.25) is 0 Å². The fourth-order valence-corrected chi connectivity index (χ4v) is 2.16. The third kappa shape index (κ3) is 5.00. The highest BCUT2D eigenvalue weighted by Crippen LogP contribution is 2.13. The first kappa shape index (κ1) is 18.8. The molecule has 0 aliphatic carbocycles. The van der Waals surface area contributed by atoms with Crippen molar-refractivity contribution in [3.05, 3.63) is 70.3 Å². The van der Waals surface area contributed by atoms with E-state index in [4.69, 9.17) is 15.9 Å². The third-order valence-electron chi connectivity index (χ3n) is 3.36. The Balaban J connectivity index is 2.40. The number of hydrogen-bond donors (Lipinski definition) is 0. The largest absolute Gasteiger partial charge is 0.462 e. The maximum absolute atomic E-state index is 12.0. The van der Waals surface area contributed by atoms with Gasteiger partial charge in [0, 0.05) is 16.7 Å². The van der Waals surface area contributed by atoms with E-state index in [-0.39, 0.29) is 24.3 Å². The topological polar surface area (TPSA) is 52.6 Å². The van der Waals surface area contributed by atoms with Crippen molar-refractivity contribution in [1.29, 1.82) is 0 Å². The van der Waals surface area contributed by atoms with Gasteiger partial charge in [-0.25, -0.2) is 9.59 Å². The second-order valence-corrected chi connectivity index (χ2v) is 5.21. The molecule has 0 N–H and O–H groups in total. The van der Waals surface area contributed by atoms with Crippen LogP contribution in [0.25, 0.3) is 0 Å². The summed E-state index contributed by atoms with van der Waals surface area (Å²) in [5, 5.41) is 0. The number of esters is 2. The Bertz CT molecular complexity index is 870. The number of terminal acetylenes is 1. The van der Waals surface area contributed by atoms with Gasteiger partial charge in [0.1, 0.15) is 0 Å². The van der Waals surface area contributed by atoms with Crippen LogP contribution in [0, 0.1) is 24.2 Å². The van der Waals surface area contributed by atoms with Gasteiger partial charge in [0.2, 0.25) is 0 Å². The minimum absolute atomic E-state index is 0.241. The highest BCUT2D eigenvalue weighted by Gasteiger charge is 2.14. The van der Waals surface area contributed by atoms with Crippen LogP contribution in [0.3, 0.4) is 0 Å². The van der Waals surface area contributed by atoms with Gasteiger partial charge in [-0.05, 0) is 56.3 Å². The van der Waals surface area contributed by atoms with Crippen molar-refractivity contribution >= 4 is 11.9 Å². The molecular weight excluding hydrogens is 328 g/mol. The van der Waals surface area contributed by atoms with E-state index in [0.29, 0.717) is 5.56 Å². The fraction of sp³-hybridized carbons (Fsp3) is 0.182. The van der Waals surface area contributed by atoms with Crippen molar-refractivity contribution in [2.75, 3.05) is 13.2 Å². The highest BCUT2D eigenvalue weighted by atomic mass is 16.5. The van der Waals surface area contributed by atoms with E-state index in [0.717, 1.165) is 11.1 Å². The summed E-state index contributed by atoms with van der Waals surface area (Å²) in [5.41, 5.74) is 2.56. The van der Waals surface area contributed by atoms with Crippen LogP contribution in [-0.2, 0) is 9.47 Å². The first-order chi connectivity index (χ1) is 12.6. The van der Waals surface area contributed by atoms with Crippen molar-refractivity contribution in [1.82, 2.24) is 0 Å². The first-order valence-corrected chi connectivity index (χ1v) is 8.15. The zero-order chi connectivity index (χ0) is 18.9. The van der Waals surface area contributed by atoms with E-state index in [9.17, 15) is 9.59 Å². The van der Waals surface area contributed by atoms with Crippen molar-refractivity contribution < 1.29 is 19.1 Å². The van der Waals surface area contributed by atoms with Gasteiger partial charge in [-0.15, -0.1) is 6.42 Å². The molecule has 0 aliphatic heterocycles. The van der Waals surface area contributed by atoms with Crippen LogP contribution in [0.5, 0.6) is 0 Å². The molecule has 2 rings (SSSR count). The first-order valence-electron chi connectivity index (χ1n) is 8.15. The van der Waals surface area contributed by atoms with Gasteiger partial charge in [-0.3, -0.25) is 0 Å². The van der Waals surface area contributed by atoms with Crippen LogP contribution in [0.15, 0.2) is 42.5 Å². The van der Waals surface area contributed by atoms with Crippen LogP contribution in [0.1, 0.15) is 51.3 Å². The Kier molecular flexibility index (Phi) is 6.60. The van der Waals surface area contributed by atoms with Crippen LogP contribution in [0.4, 0.5) is 0 Å². The van der Waals surface area contributed by atoms with Gasteiger partial charge in [0.25, 0.3) is 0 Å². The molecule has 0 unspecified atom stereocenters. The van der Waals surface area contributed by atoms with Crippen molar-refractivity contribution in [3.63, 3.8) is 0 Å². The van der Waals surface area contributed by atoms with E-state index in [2.05, 4.69) is 17.8 Å². The number of benzene rings is 2. The normalized spacial score (nSPS) is 9.42. The zero-order valence-corrected chi connectivity index (χ0v) is 14.7. The third-order valence-corrected chi connectivity index (χ3v) is 3.36. The molecule has 0 atom stereocenters. The summed E-state index contributed by atoms with van der Waals surface area (Å²) in [4.78, 5) is 24.1. The molecule has 0 radical (unpaired) electrons. The van der Waals surface area contributed by atoms with Crippen LogP contribution < -0.4 is 0 Å². The standard InChI is InChI=1S/C22H18O4/c1-4-16-7-9-17(10-8-16)11-12-18-13-19(21(23)25-5-2)15-20(14-18)22(24)26-6-3/h1,7-10,13-15H,5-6H2,2-3H3. The lowest BCUT2D eigenvalue weighted by Gasteiger charge is -2.06. The Labute approximate surface area is 153 Å². The predicted octanol–water partition coefficient (Wildman–Crippen LogP) is 3.42. The molecule has 0 spiro atoms. The van der Waals surface area contributed by atoms with Gasteiger partial charge in [-0.1, -0.05) is 17.8 Å². The summed E-state index contributed by atoms with van der Waals surface area (Å²) in [5.74, 6) is 7.45. The van der Waals surface area contributed by atoms with Crippen molar-refractivity contribution in [2.45, 2.75) is 13.8 Å². The number of carbonyl (C=O) groups excluding carboxylic acids is 2. The minimum Gasteiger partial charge on any atom is -0.462 e. The molecule has 0 heterocycles. The number of carbonyl (C=O) groups is 2. The lowest BCUT2D eigenvalue weighted by Crippen LogP contribution is -2.09. The quantitative estimate of drug-likeness (QED) is 0.629. The average molecular weight is 346 g/mol. The monoisotopic (exact) mass is 346 g/mol. The highest BCUT2D eigenvalue weighted by molar-refractivity contribution is 5.96. The molecular formula is C22H18O4. The summed E-state index contributed by atoms with van der Waals surface area (Å²) < 4.78 is 10.0. The Morgan fingerprint density at radius 1 is 0.808 bits per heavy atom. The maximum atomic E-state index is 12.0. The lowest BCUT2D eigenvalue weighted by molar-refractivity contribution is 0.0525. The summed E-state index contributed by atoms with van der Waals surface area (Å²) in [7, 11) is 0. The molecule has 0 bridgehead atoms. The molecule has 26 heavy (non-hydrogen) atoms. The molecule has 0 aromatic heterocycles. The van der Waals surface area contributed by atoms with E-state index in [1.807, 2.05) is 12.1 Å². The number of hydrogen-bond acceptors (Lipinski definition) is 4. The van der Waals surface area contributed by atoms with Gasteiger partial charge in [0.05, 0.1) is 24.3 Å². The van der Waals surface area contributed by atoms with Crippen molar-refractivity contribution in [3.8, 4) is 24.2 Å². The molecule has 4 nitrogen and oxygen atoms in total. The van der Waals surface area contributed by atoms with Gasteiger partial charge in [-0.2, -0.15) is 0 Å². The lowest BCUT2D eigenvalue weighted by atomic mass is 10.0. The van der Waals surface area contributed by atoms with E-state index in [1.165, 1.54) is 6.07 Å². The molecule has 0 aliphatic rings. The molecule has 2 aromatic carbocycles. The summed E-state index contributed by atoms with van der Waals surface area (Å²) in [6, 6.07) is 11.8. The Hall–Kier alpha value is -3.50. The SMILES string of the molecule is C#Cc1ccc(C#Cc2cc(C(=O)OCC)cc(C(=O)OCC)c2)cc1. The molecule has 0 saturated carbocycles. The summed E-state index contributed by atoms with van der Waals surface area (Å²) in [6.07, 6.45) is 5.33. The molecule has 130 valence electrons. The fourth-order valence-electron chi connectivity index (χ4n) is 2.16. The molecule has 0 saturated heterocycles. The second-order valence-electron chi connectivity index (χ2n) is 5.21. The minimum atomic E-state index is -0.514. The van der Waals surface area contributed by atoms with Gasteiger partial charge >= 0.3 is 11.9 Å². The molecule has 0 amide bonds. The van der Waals surface area contributed by atoms with E-state index >= 15 is 0 Å². The smallest absolute Gasteiger partial charge is 0.338 e. The van der Waals surface area contributed by atoms with Gasteiger partial charge < -0.3 is 9.47 Å². The maximum Gasteiger partial charge on any atom is 0.338 e. The molecule has 4 heteroatoms. The second kappa shape index (κ2) is 9.11. The Morgan fingerprint density at radius 3 is 1.73 bits per heavy atom. The Morgan fingerprint density at radius 2 is 1.27 bits per heavy atom. The van der Waals surface area contributed by atoms with E-state index in [1.54, 1.807) is 38.1 Å². The van der Waals surface area contributed by atoms with Crippen LogP contribution in [-0.4, -0.2) is 25.2 Å². The number of ether oxygens (including phenoxy) is 2. The van der Waals surface area contributed by atoms with Crippen molar-refractivity contribution in [2.24, 2.45) is 0 Å². The molecule has 2 aromatic rings. The summed E-state index contributed by atoms with van der Waals surface area (Å²) >= 11 is 0. The van der Waals surface area contributed by atoms with Gasteiger partial charge in [0.15, 0.2) is 0 Å². The van der Waals surface area contributed by atoms with Crippen LogP contribution >= 0.6 is 0 Å². The predicted molar refractivity (Wildman–Crippen MR) is 98.7 cm³/mol. The average Bonchev–Trinajstić information content (AvgIpc) is 2.67. The molecule has 0 fully saturated rings.